The third-order valence-electron chi connectivity index (χ3n) is 3.11. The summed E-state index contributed by atoms with van der Waals surface area (Å²) in [6.45, 7) is 7.12. The fourth-order valence-electron chi connectivity index (χ4n) is 2.15. The monoisotopic (exact) mass is 236 g/mol. The van der Waals surface area contributed by atoms with Crippen LogP contribution in [0.2, 0.25) is 0 Å². The number of halogens is 1. The molecular weight excluding hydrogens is 215 g/mol. The fourth-order valence-corrected chi connectivity index (χ4v) is 2.15. The highest BCUT2D eigenvalue weighted by Gasteiger charge is 2.15. The number of benzene rings is 1. The maximum Gasteiger partial charge on any atom is 0.148 e. The summed E-state index contributed by atoms with van der Waals surface area (Å²) >= 11 is 0. The molecule has 94 valence electrons. The number of hydrogen-bond donors (Lipinski definition) is 1. The Labute approximate surface area is 103 Å². The van der Waals surface area contributed by atoms with E-state index in [0.29, 0.717) is 5.92 Å². The van der Waals surface area contributed by atoms with Crippen molar-refractivity contribution in [1.82, 2.24) is 0 Å². The van der Waals surface area contributed by atoms with Gasteiger partial charge < -0.3 is 10.2 Å². The van der Waals surface area contributed by atoms with E-state index in [9.17, 15) is 4.39 Å². The summed E-state index contributed by atoms with van der Waals surface area (Å²) in [5.74, 6) is 0.456. The van der Waals surface area contributed by atoms with Crippen molar-refractivity contribution in [2.24, 2.45) is 5.92 Å². The molecule has 2 rings (SSSR count). The highest BCUT2D eigenvalue weighted by molar-refractivity contribution is 5.56. The van der Waals surface area contributed by atoms with Gasteiger partial charge in [0.25, 0.3) is 0 Å². The van der Waals surface area contributed by atoms with Gasteiger partial charge in [-0.05, 0) is 37.0 Å². The summed E-state index contributed by atoms with van der Waals surface area (Å²) in [6.07, 6.45) is 2.35. The Balaban J connectivity index is 2.05. The lowest BCUT2D eigenvalue weighted by Crippen LogP contribution is -2.19. The average Bonchev–Trinajstić information content (AvgIpc) is 2.79. The minimum absolute atomic E-state index is 0.111. The lowest BCUT2D eigenvalue weighted by atomic mass is 10.2. The van der Waals surface area contributed by atoms with Crippen molar-refractivity contribution in [3.05, 3.63) is 24.0 Å². The Morgan fingerprint density at radius 3 is 2.59 bits per heavy atom. The quantitative estimate of drug-likeness (QED) is 0.860. The number of anilines is 2. The van der Waals surface area contributed by atoms with E-state index in [1.807, 2.05) is 12.1 Å². The number of nitrogens with zero attached hydrogens (tertiary/aromatic N) is 1. The summed E-state index contributed by atoms with van der Waals surface area (Å²) in [6, 6.07) is 5.47. The predicted octanol–water partition coefficient (Wildman–Crippen LogP) is 3.49. The van der Waals surface area contributed by atoms with Gasteiger partial charge in [0, 0.05) is 25.3 Å². The van der Waals surface area contributed by atoms with Gasteiger partial charge >= 0.3 is 0 Å². The average molecular weight is 236 g/mol. The van der Waals surface area contributed by atoms with E-state index in [-0.39, 0.29) is 5.82 Å². The smallest absolute Gasteiger partial charge is 0.148 e. The van der Waals surface area contributed by atoms with Crippen molar-refractivity contribution in [2.75, 3.05) is 29.9 Å². The second-order valence-corrected chi connectivity index (χ2v) is 5.14. The lowest BCUT2D eigenvalue weighted by Gasteiger charge is -2.19. The molecule has 0 spiro atoms. The van der Waals surface area contributed by atoms with E-state index in [1.54, 1.807) is 6.07 Å². The Morgan fingerprint density at radius 2 is 2.00 bits per heavy atom. The van der Waals surface area contributed by atoms with Gasteiger partial charge in [0.1, 0.15) is 5.82 Å². The summed E-state index contributed by atoms with van der Waals surface area (Å²) in [5.41, 5.74) is 1.62. The SMILES string of the molecule is CC(C)CNc1ccc(N2CCCC2)c(F)c1. The van der Waals surface area contributed by atoms with Crippen molar-refractivity contribution in [3.8, 4) is 0 Å². The Hall–Kier alpha value is -1.25. The molecule has 3 heteroatoms. The van der Waals surface area contributed by atoms with Crippen LogP contribution in [0.1, 0.15) is 26.7 Å². The molecule has 0 saturated carbocycles. The molecule has 2 nitrogen and oxygen atoms in total. The van der Waals surface area contributed by atoms with Crippen molar-refractivity contribution in [3.63, 3.8) is 0 Å². The van der Waals surface area contributed by atoms with Crippen LogP contribution in [0.25, 0.3) is 0 Å². The zero-order valence-corrected chi connectivity index (χ0v) is 10.7. The first kappa shape index (κ1) is 12.2. The van der Waals surface area contributed by atoms with Crippen molar-refractivity contribution < 1.29 is 4.39 Å². The van der Waals surface area contributed by atoms with E-state index in [1.165, 1.54) is 12.8 Å². The molecule has 0 bridgehead atoms. The van der Waals surface area contributed by atoms with E-state index in [4.69, 9.17) is 0 Å². The van der Waals surface area contributed by atoms with E-state index >= 15 is 0 Å². The molecule has 0 unspecified atom stereocenters. The standard InChI is InChI=1S/C14H21FN2/c1-11(2)10-16-12-5-6-14(13(15)9-12)17-7-3-4-8-17/h5-6,9,11,16H,3-4,7-8,10H2,1-2H3. The maximum atomic E-state index is 13.9. The van der Waals surface area contributed by atoms with Gasteiger partial charge in [-0.3, -0.25) is 0 Å². The molecule has 1 heterocycles. The van der Waals surface area contributed by atoms with Crippen LogP contribution in [0.15, 0.2) is 18.2 Å². The third kappa shape index (κ3) is 3.11. The third-order valence-corrected chi connectivity index (χ3v) is 3.11. The van der Waals surface area contributed by atoms with Gasteiger partial charge in [0.2, 0.25) is 0 Å². The molecule has 0 aromatic heterocycles. The molecular formula is C14H21FN2. The number of nitrogens with one attached hydrogen (secondary N) is 1. The van der Waals surface area contributed by atoms with Crippen molar-refractivity contribution in [1.29, 1.82) is 0 Å². The normalized spacial score (nSPS) is 15.6. The van der Waals surface area contributed by atoms with Crippen LogP contribution in [0.5, 0.6) is 0 Å². The minimum atomic E-state index is -0.111. The molecule has 1 aliphatic rings. The number of rotatable bonds is 4. The molecule has 0 radical (unpaired) electrons. The van der Waals surface area contributed by atoms with E-state index in [0.717, 1.165) is 31.0 Å². The predicted molar refractivity (Wildman–Crippen MR) is 71.2 cm³/mol. The molecule has 1 fully saturated rings. The molecule has 1 aliphatic heterocycles. The Kier molecular flexibility index (Phi) is 3.87. The summed E-state index contributed by atoms with van der Waals surface area (Å²) in [4.78, 5) is 2.13. The van der Waals surface area contributed by atoms with Gasteiger partial charge in [-0.1, -0.05) is 13.8 Å². The molecule has 1 aromatic carbocycles. The van der Waals surface area contributed by atoms with Crippen LogP contribution >= 0.6 is 0 Å². The van der Waals surface area contributed by atoms with Gasteiger partial charge in [-0.25, -0.2) is 4.39 Å². The molecule has 17 heavy (non-hydrogen) atoms. The van der Waals surface area contributed by atoms with Gasteiger partial charge in [-0.15, -0.1) is 0 Å². The molecule has 1 N–H and O–H groups in total. The molecule has 0 aliphatic carbocycles. The minimum Gasteiger partial charge on any atom is -0.385 e. The molecule has 1 aromatic rings. The van der Waals surface area contributed by atoms with Crippen LogP contribution in [-0.4, -0.2) is 19.6 Å². The Bertz CT molecular complexity index is 370. The summed E-state index contributed by atoms with van der Waals surface area (Å²) in [7, 11) is 0. The van der Waals surface area contributed by atoms with Crippen LogP contribution in [0, 0.1) is 11.7 Å². The van der Waals surface area contributed by atoms with E-state index in [2.05, 4.69) is 24.1 Å². The molecule has 0 amide bonds. The largest absolute Gasteiger partial charge is 0.385 e. The van der Waals surface area contributed by atoms with Gasteiger partial charge in [0.05, 0.1) is 5.69 Å². The first-order chi connectivity index (χ1) is 8.16. The zero-order chi connectivity index (χ0) is 12.3. The van der Waals surface area contributed by atoms with Crippen molar-refractivity contribution >= 4 is 11.4 Å². The van der Waals surface area contributed by atoms with Crippen LogP contribution < -0.4 is 10.2 Å². The summed E-state index contributed by atoms with van der Waals surface area (Å²) in [5, 5.41) is 3.24. The second kappa shape index (κ2) is 5.39. The first-order valence-corrected chi connectivity index (χ1v) is 6.45. The first-order valence-electron chi connectivity index (χ1n) is 6.45. The highest BCUT2D eigenvalue weighted by atomic mass is 19.1. The highest BCUT2D eigenvalue weighted by Crippen LogP contribution is 2.26. The summed E-state index contributed by atoms with van der Waals surface area (Å²) < 4.78 is 13.9. The topological polar surface area (TPSA) is 15.3 Å². The second-order valence-electron chi connectivity index (χ2n) is 5.14. The van der Waals surface area contributed by atoms with Crippen molar-refractivity contribution in [2.45, 2.75) is 26.7 Å². The van der Waals surface area contributed by atoms with Gasteiger partial charge in [0.15, 0.2) is 0 Å². The molecule has 0 atom stereocenters. The van der Waals surface area contributed by atoms with Crippen LogP contribution in [-0.2, 0) is 0 Å². The maximum absolute atomic E-state index is 13.9. The van der Waals surface area contributed by atoms with Gasteiger partial charge in [-0.2, -0.15) is 0 Å². The zero-order valence-electron chi connectivity index (χ0n) is 10.7. The van der Waals surface area contributed by atoms with Crippen LogP contribution in [0.3, 0.4) is 0 Å². The lowest BCUT2D eigenvalue weighted by molar-refractivity contribution is 0.622. The van der Waals surface area contributed by atoms with Crippen LogP contribution in [0.4, 0.5) is 15.8 Å². The molecule has 1 saturated heterocycles. The van der Waals surface area contributed by atoms with E-state index < -0.39 is 0 Å². The Morgan fingerprint density at radius 1 is 1.29 bits per heavy atom. The number of hydrogen-bond acceptors (Lipinski definition) is 2. The fraction of sp³-hybridized carbons (Fsp3) is 0.571.